The molecule has 0 saturated carbocycles. The van der Waals surface area contributed by atoms with Gasteiger partial charge in [-0.1, -0.05) is 34.8 Å². The zero-order valence-electron chi connectivity index (χ0n) is 7.24. The molecular weight excluding hydrogens is 173 g/mol. The van der Waals surface area contributed by atoms with Crippen LogP contribution in [0.1, 0.15) is 5.56 Å². The number of nitrogens with zero attached hydrogens (tertiary/aromatic N) is 1. The first-order chi connectivity index (χ1) is 6.24. The summed E-state index contributed by atoms with van der Waals surface area (Å²) in [6, 6.07) is 8.84. The lowest BCUT2D eigenvalue weighted by atomic mass is 10.2. The molecule has 0 aliphatic carbocycles. The predicted molar refractivity (Wildman–Crippen MR) is 45.5 cm³/mol. The van der Waals surface area contributed by atoms with Crippen LogP contribution in [0, 0.1) is 0 Å². The number of ether oxygens (including phenoxy) is 1. The molecule has 0 aliphatic rings. The van der Waals surface area contributed by atoms with Crippen molar-refractivity contribution in [1.82, 2.24) is 5.12 Å². The van der Waals surface area contributed by atoms with Gasteiger partial charge in [0.1, 0.15) is 0 Å². The van der Waals surface area contributed by atoms with Crippen molar-refractivity contribution in [3.05, 3.63) is 35.9 Å². The molecule has 0 saturated heterocycles. The quantitative estimate of drug-likeness (QED) is 0.657. The molecule has 0 bridgehead atoms. The molecule has 0 atom stereocenters. The monoisotopic (exact) mass is 183 g/mol. The molecule has 1 aromatic rings. The molecule has 0 heterocycles. The number of methoxy groups -OCH3 is 1. The van der Waals surface area contributed by atoms with Gasteiger partial charge in [-0.15, -0.1) is 5.12 Å². The summed E-state index contributed by atoms with van der Waals surface area (Å²) in [5.74, 6) is 0. The first-order valence-corrected chi connectivity index (χ1v) is 3.79. The molecule has 0 aromatic heterocycles. The van der Waals surface area contributed by atoms with Crippen LogP contribution in [0.15, 0.2) is 30.3 Å². The number of benzene rings is 1. The Morgan fingerprint density at radius 2 is 2.08 bits per heavy atom. The smallest absolute Gasteiger partial charge is 0.438 e. The van der Waals surface area contributed by atoms with Crippen LogP contribution in [0.5, 0.6) is 0 Å². The van der Waals surface area contributed by atoms with Crippen molar-refractivity contribution < 1.29 is 14.0 Å². The van der Waals surface area contributed by atoms with Crippen molar-refractivity contribution in [2.24, 2.45) is 0 Å². The number of hydrogen-bond donors (Lipinski definition) is 0. The van der Waals surface area contributed by atoms with Crippen LogP contribution < -0.4 is 0 Å². The fourth-order valence-corrected chi connectivity index (χ4v) is 0.907. The molecule has 3 nitrogen and oxygen atoms in total. The second-order valence-corrected chi connectivity index (χ2v) is 2.48. The van der Waals surface area contributed by atoms with Crippen LogP contribution in [0.25, 0.3) is 0 Å². The highest BCUT2D eigenvalue weighted by Crippen LogP contribution is 2.05. The molecule has 1 amide bonds. The zero-order chi connectivity index (χ0) is 9.68. The minimum Gasteiger partial charge on any atom is -0.451 e. The molecule has 1 aromatic carbocycles. The third-order valence-electron chi connectivity index (χ3n) is 1.54. The van der Waals surface area contributed by atoms with Crippen molar-refractivity contribution in [1.29, 1.82) is 0 Å². The molecule has 4 heteroatoms. The van der Waals surface area contributed by atoms with Crippen LogP contribution >= 0.6 is 0 Å². The Kier molecular flexibility index (Phi) is 3.25. The fourth-order valence-electron chi connectivity index (χ4n) is 0.907. The van der Waals surface area contributed by atoms with E-state index in [-0.39, 0.29) is 11.7 Å². The highest BCUT2D eigenvalue weighted by atomic mass is 19.2. The van der Waals surface area contributed by atoms with Gasteiger partial charge >= 0.3 is 6.09 Å². The van der Waals surface area contributed by atoms with Gasteiger partial charge < -0.3 is 4.74 Å². The minimum absolute atomic E-state index is 0.0231. The van der Waals surface area contributed by atoms with Gasteiger partial charge in [-0.05, 0) is 5.56 Å². The van der Waals surface area contributed by atoms with E-state index >= 15 is 0 Å². The largest absolute Gasteiger partial charge is 0.451 e. The van der Waals surface area contributed by atoms with Gasteiger partial charge in [-0.25, -0.2) is 4.79 Å². The number of rotatable bonds is 2. The lowest BCUT2D eigenvalue weighted by molar-refractivity contribution is 0.0145. The summed E-state index contributed by atoms with van der Waals surface area (Å²) in [4.78, 5) is 10.6. The molecule has 13 heavy (non-hydrogen) atoms. The second kappa shape index (κ2) is 4.45. The molecule has 1 rings (SSSR count). The summed E-state index contributed by atoms with van der Waals surface area (Å²) in [6.45, 7) is -0.0898. The third-order valence-corrected chi connectivity index (χ3v) is 1.54. The Labute approximate surface area is 75.7 Å². The molecule has 0 N–H and O–H groups in total. The molecule has 0 aliphatic heterocycles. The third kappa shape index (κ3) is 2.74. The number of carbonyl (C=O) groups is 1. The molecule has 70 valence electrons. The second-order valence-electron chi connectivity index (χ2n) is 2.48. The van der Waals surface area contributed by atoms with E-state index in [0.29, 0.717) is 0 Å². The Balaban J connectivity index is 2.55. The Hall–Kier alpha value is -1.58. The fraction of sp³-hybridized carbons (Fsp3) is 0.222. The van der Waals surface area contributed by atoms with Crippen LogP contribution in [0.3, 0.4) is 0 Å². The van der Waals surface area contributed by atoms with E-state index in [4.69, 9.17) is 0 Å². The molecule has 0 unspecified atom stereocenters. The Morgan fingerprint density at radius 1 is 1.46 bits per heavy atom. The van der Waals surface area contributed by atoms with Crippen LogP contribution in [-0.2, 0) is 11.3 Å². The number of halogens is 1. The van der Waals surface area contributed by atoms with E-state index in [1.54, 1.807) is 24.3 Å². The first kappa shape index (κ1) is 9.51. The summed E-state index contributed by atoms with van der Waals surface area (Å²) >= 11 is 0. The molecular formula is C9H10FNO2. The van der Waals surface area contributed by atoms with Crippen molar-refractivity contribution in [3.63, 3.8) is 0 Å². The van der Waals surface area contributed by atoms with E-state index in [1.165, 1.54) is 0 Å². The van der Waals surface area contributed by atoms with Gasteiger partial charge in [-0.3, -0.25) is 0 Å². The van der Waals surface area contributed by atoms with Crippen LogP contribution in [-0.4, -0.2) is 18.3 Å². The van der Waals surface area contributed by atoms with E-state index in [0.717, 1.165) is 12.7 Å². The lowest BCUT2D eigenvalue weighted by Crippen LogP contribution is -2.21. The Morgan fingerprint density at radius 3 is 2.62 bits per heavy atom. The van der Waals surface area contributed by atoms with Gasteiger partial charge in [0.15, 0.2) is 0 Å². The highest BCUT2D eigenvalue weighted by molar-refractivity contribution is 5.65. The predicted octanol–water partition coefficient (Wildman–Crippen LogP) is 2.14. The van der Waals surface area contributed by atoms with Crippen molar-refractivity contribution >= 4 is 6.09 Å². The number of amides is 1. The van der Waals surface area contributed by atoms with Gasteiger partial charge in [0.2, 0.25) is 0 Å². The summed E-state index contributed by atoms with van der Waals surface area (Å²) in [7, 11) is 1.14. The average molecular weight is 183 g/mol. The Bertz CT molecular complexity index is 276. The van der Waals surface area contributed by atoms with Gasteiger partial charge in [0, 0.05) is 0 Å². The first-order valence-electron chi connectivity index (χ1n) is 3.79. The van der Waals surface area contributed by atoms with Crippen LogP contribution in [0.4, 0.5) is 9.28 Å². The summed E-state index contributed by atoms with van der Waals surface area (Å²) in [5.41, 5.74) is 0.718. The average Bonchev–Trinajstić information content (AvgIpc) is 2.18. The van der Waals surface area contributed by atoms with Gasteiger partial charge in [0.05, 0.1) is 13.7 Å². The number of carbonyl (C=O) groups excluding carboxylic acids is 1. The summed E-state index contributed by atoms with van der Waals surface area (Å²) in [5, 5.41) is 0.0231. The van der Waals surface area contributed by atoms with Gasteiger partial charge in [-0.2, -0.15) is 0 Å². The summed E-state index contributed by atoms with van der Waals surface area (Å²) in [6.07, 6.45) is -0.983. The molecule has 0 spiro atoms. The lowest BCUT2D eigenvalue weighted by Gasteiger charge is -2.09. The van der Waals surface area contributed by atoms with Gasteiger partial charge in [0.25, 0.3) is 0 Å². The summed E-state index contributed by atoms with van der Waals surface area (Å²) < 4.78 is 17.0. The maximum absolute atomic E-state index is 12.8. The SMILES string of the molecule is COC(=O)N(F)Cc1ccccc1. The van der Waals surface area contributed by atoms with E-state index < -0.39 is 6.09 Å². The zero-order valence-corrected chi connectivity index (χ0v) is 7.24. The molecule has 0 radical (unpaired) electrons. The standard InChI is InChI=1S/C9H10FNO2/c1-13-9(12)11(10)7-8-5-3-2-4-6-8/h2-6H,7H2,1H3. The minimum atomic E-state index is -0.983. The number of hydrogen-bond acceptors (Lipinski definition) is 2. The van der Waals surface area contributed by atoms with E-state index in [2.05, 4.69) is 4.74 Å². The van der Waals surface area contributed by atoms with Crippen LogP contribution in [0.2, 0.25) is 0 Å². The molecule has 0 fully saturated rings. The van der Waals surface area contributed by atoms with E-state index in [9.17, 15) is 9.28 Å². The highest BCUT2D eigenvalue weighted by Gasteiger charge is 2.12. The maximum atomic E-state index is 12.8. The topological polar surface area (TPSA) is 29.5 Å². The van der Waals surface area contributed by atoms with E-state index in [1.807, 2.05) is 6.07 Å². The maximum Gasteiger partial charge on any atom is 0.438 e. The van der Waals surface area contributed by atoms with Crippen molar-refractivity contribution in [2.45, 2.75) is 6.54 Å². The van der Waals surface area contributed by atoms with Crippen molar-refractivity contribution in [2.75, 3.05) is 7.11 Å². The van der Waals surface area contributed by atoms with Crippen molar-refractivity contribution in [3.8, 4) is 0 Å². The normalized spacial score (nSPS) is 9.38.